The molecule has 11 heteroatoms. The maximum atomic E-state index is 12.7. The van der Waals surface area contributed by atoms with Crippen LogP contribution in [0.1, 0.15) is 71.7 Å². The summed E-state index contributed by atoms with van der Waals surface area (Å²) in [4.78, 5) is 28.4. The van der Waals surface area contributed by atoms with Crippen LogP contribution >= 0.6 is 0 Å². The molecule has 216 valence electrons. The Hall–Kier alpha value is -2.21. The van der Waals surface area contributed by atoms with Crippen molar-refractivity contribution in [3.8, 4) is 0 Å². The first-order chi connectivity index (χ1) is 18.3. The molecule has 6 heterocycles. The highest BCUT2D eigenvalue weighted by molar-refractivity contribution is 5.68. The van der Waals surface area contributed by atoms with E-state index in [1.165, 1.54) is 0 Å². The van der Waals surface area contributed by atoms with Crippen LogP contribution in [0.2, 0.25) is 0 Å². The number of anilines is 2. The zero-order chi connectivity index (χ0) is 27.7. The maximum Gasteiger partial charge on any atom is 0.410 e. The second kappa shape index (κ2) is 9.43. The normalized spacial score (nSPS) is 31.6. The average molecular weight is 545 g/mol. The van der Waals surface area contributed by atoms with E-state index in [0.717, 1.165) is 63.1 Å². The molecule has 1 aromatic rings. The number of hydrogen-bond acceptors (Lipinski definition) is 10. The summed E-state index contributed by atoms with van der Waals surface area (Å²) in [7, 11) is 0. The van der Waals surface area contributed by atoms with Crippen LogP contribution in [0.5, 0.6) is 0 Å². The second-order valence-electron chi connectivity index (χ2n) is 13.3. The number of carbonyl (C=O) groups is 1. The van der Waals surface area contributed by atoms with Gasteiger partial charge in [-0.05, 0) is 80.2 Å². The molecule has 0 radical (unpaired) electrons. The van der Waals surface area contributed by atoms with Crippen LogP contribution in [-0.4, -0.2) is 100 Å². The van der Waals surface area contributed by atoms with Crippen molar-refractivity contribution in [1.29, 1.82) is 0 Å². The van der Waals surface area contributed by atoms with Crippen LogP contribution in [0.3, 0.4) is 0 Å². The number of piperidine rings is 1. The molecule has 2 N–H and O–H groups in total. The number of fused-ring (bicyclic) bond motifs is 2. The molecule has 4 atom stereocenters. The number of aryl methyl sites for hydroxylation is 1. The number of rotatable bonds is 3. The van der Waals surface area contributed by atoms with Gasteiger partial charge in [0.05, 0.1) is 0 Å². The van der Waals surface area contributed by atoms with E-state index >= 15 is 0 Å². The molecule has 1 amide bonds. The van der Waals surface area contributed by atoms with Gasteiger partial charge in [0.25, 0.3) is 0 Å². The number of aromatic nitrogens is 2. The van der Waals surface area contributed by atoms with Gasteiger partial charge in [-0.3, -0.25) is 4.90 Å². The van der Waals surface area contributed by atoms with Crippen molar-refractivity contribution in [2.24, 2.45) is 0 Å². The highest BCUT2D eigenvalue weighted by Gasteiger charge is 2.59. The Labute approximate surface area is 231 Å². The molecule has 6 rings (SSSR count). The summed E-state index contributed by atoms with van der Waals surface area (Å²) in [6, 6.07) is 0. The third-order valence-electron chi connectivity index (χ3n) is 8.92. The van der Waals surface area contributed by atoms with E-state index < -0.39 is 11.4 Å². The van der Waals surface area contributed by atoms with Crippen molar-refractivity contribution in [1.82, 2.24) is 19.8 Å². The van der Waals surface area contributed by atoms with Crippen molar-refractivity contribution in [2.75, 3.05) is 43.4 Å². The predicted molar refractivity (Wildman–Crippen MR) is 145 cm³/mol. The van der Waals surface area contributed by atoms with E-state index in [9.17, 15) is 4.79 Å². The first kappa shape index (κ1) is 27.0. The van der Waals surface area contributed by atoms with E-state index in [-0.39, 0.29) is 36.2 Å². The van der Waals surface area contributed by atoms with E-state index in [1.807, 2.05) is 46.4 Å². The fourth-order valence-electron chi connectivity index (χ4n) is 7.22. The van der Waals surface area contributed by atoms with Gasteiger partial charge >= 0.3 is 6.09 Å². The zero-order valence-corrected chi connectivity index (χ0v) is 24.2. The molecular weight excluding hydrogens is 500 g/mol. The van der Waals surface area contributed by atoms with E-state index in [4.69, 9.17) is 29.7 Å². The number of hydrogen-bond donors (Lipinski definition) is 1. The lowest BCUT2D eigenvalue weighted by molar-refractivity contribution is -0.189. The van der Waals surface area contributed by atoms with E-state index in [2.05, 4.69) is 14.8 Å². The molecule has 0 aliphatic carbocycles. The summed E-state index contributed by atoms with van der Waals surface area (Å²) in [5, 5.41) is 0. The van der Waals surface area contributed by atoms with Crippen molar-refractivity contribution in [3.63, 3.8) is 0 Å². The third kappa shape index (κ3) is 4.96. The molecule has 5 aliphatic heterocycles. The Bertz CT molecular complexity index is 1110. The van der Waals surface area contributed by atoms with Crippen LogP contribution in [-0.2, 0) is 25.4 Å². The lowest BCUT2D eigenvalue weighted by Crippen LogP contribution is -2.56. The minimum atomic E-state index is -0.680. The Morgan fingerprint density at radius 2 is 1.79 bits per heavy atom. The first-order valence-corrected chi connectivity index (χ1v) is 14.5. The second-order valence-corrected chi connectivity index (χ2v) is 13.3. The van der Waals surface area contributed by atoms with Gasteiger partial charge in [-0.25, -0.2) is 14.8 Å². The molecule has 1 aromatic heterocycles. The number of nitrogens with zero attached hydrogens (tertiary/aromatic N) is 5. The summed E-state index contributed by atoms with van der Waals surface area (Å²) in [6.45, 7) is 15.5. The van der Waals surface area contributed by atoms with Crippen LogP contribution in [0.4, 0.5) is 16.4 Å². The van der Waals surface area contributed by atoms with Crippen molar-refractivity contribution in [3.05, 3.63) is 11.4 Å². The average Bonchev–Trinajstić information content (AvgIpc) is 3.57. The van der Waals surface area contributed by atoms with Crippen molar-refractivity contribution >= 4 is 17.7 Å². The first-order valence-electron chi connectivity index (χ1n) is 14.5. The number of carbonyl (C=O) groups excluding carboxylic acids is 1. The van der Waals surface area contributed by atoms with Crippen LogP contribution < -0.4 is 10.6 Å². The topological polar surface area (TPSA) is 116 Å². The lowest BCUT2D eigenvalue weighted by atomic mass is 9.84. The van der Waals surface area contributed by atoms with Gasteiger partial charge in [-0.15, -0.1) is 0 Å². The zero-order valence-electron chi connectivity index (χ0n) is 24.2. The highest BCUT2D eigenvalue weighted by atomic mass is 16.8. The van der Waals surface area contributed by atoms with Gasteiger partial charge in [0.1, 0.15) is 41.4 Å². The highest BCUT2D eigenvalue weighted by Crippen LogP contribution is 2.45. The number of nitrogens with two attached hydrogens (primary N) is 1. The number of nitrogen functional groups attached to an aromatic ring is 1. The summed E-state index contributed by atoms with van der Waals surface area (Å²) < 4.78 is 25.3. The third-order valence-corrected chi connectivity index (χ3v) is 8.92. The monoisotopic (exact) mass is 544 g/mol. The van der Waals surface area contributed by atoms with Gasteiger partial charge in [-0.1, -0.05) is 0 Å². The molecule has 0 unspecified atom stereocenters. The Balaban J connectivity index is 1.18. The van der Waals surface area contributed by atoms with Crippen molar-refractivity contribution in [2.45, 2.75) is 115 Å². The largest absolute Gasteiger partial charge is 0.444 e. The number of amides is 1. The number of ether oxygens (including phenoxy) is 4. The van der Waals surface area contributed by atoms with Crippen LogP contribution in [0.25, 0.3) is 0 Å². The fourth-order valence-corrected chi connectivity index (χ4v) is 7.22. The van der Waals surface area contributed by atoms with E-state index in [1.54, 1.807) is 0 Å². The standard InChI is InChI=1S/C28H44N6O5/c1-17-30-22(29)18-8-13-34(23(18)31-17)24-21-20(37-27(5,6)38-21)19(36-24)16-33-12-7-9-28(33)10-14-32(15-11-28)25(35)39-26(2,3)4/h19-21,24H,7-16H2,1-6H3,(H2,29,30,31)/t19-,20-,21-,24-/m1/s1. The minimum Gasteiger partial charge on any atom is -0.444 e. The molecule has 0 bridgehead atoms. The lowest BCUT2D eigenvalue weighted by Gasteiger charge is -2.46. The summed E-state index contributed by atoms with van der Waals surface area (Å²) >= 11 is 0. The van der Waals surface area contributed by atoms with Gasteiger partial charge < -0.3 is 34.5 Å². The molecule has 11 nitrogen and oxygen atoms in total. The van der Waals surface area contributed by atoms with Crippen LogP contribution in [0, 0.1) is 6.92 Å². The van der Waals surface area contributed by atoms with E-state index in [0.29, 0.717) is 24.7 Å². The molecule has 4 fully saturated rings. The maximum absolute atomic E-state index is 12.7. The minimum absolute atomic E-state index is 0.0729. The summed E-state index contributed by atoms with van der Waals surface area (Å²) in [6.07, 6.45) is 3.91. The molecule has 4 saturated heterocycles. The molecule has 5 aliphatic rings. The van der Waals surface area contributed by atoms with Gasteiger partial charge in [0.15, 0.2) is 12.0 Å². The predicted octanol–water partition coefficient (Wildman–Crippen LogP) is 2.84. The van der Waals surface area contributed by atoms with Crippen molar-refractivity contribution < 1.29 is 23.7 Å². The number of likely N-dealkylation sites (tertiary alicyclic amines) is 2. The summed E-state index contributed by atoms with van der Waals surface area (Å²) in [5.41, 5.74) is 6.82. The quantitative estimate of drug-likeness (QED) is 0.609. The fraction of sp³-hybridized carbons (Fsp3) is 0.821. The van der Waals surface area contributed by atoms with Gasteiger partial charge in [-0.2, -0.15) is 0 Å². The van der Waals surface area contributed by atoms with Gasteiger partial charge in [0, 0.05) is 37.3 Å². The SMILES string of the molecule is Cc1nc(N)c2c(n1)N([C@@H]1O[C@H](CN3CCCC34CCN(C(=O)OC(C)(C)C)CC4)[C@H]3OC(C)(C)O[C@H]31)CC2. The molecule has 39 heavy (non-hydrogen) atoms. The molecular formula is C28H44N6O5. The smallest absolute Gasteiger partial charge is 0.410 e. The van der Waals surface area contributed by atoms with Crippen LogP contribution in [0.15, 0.2) is 0 Å². The molecule has 0 saturated carbocycles. The Kier molecular flexibility index (Phi) is 6.52. The molecule has 1 spiro atoms. The Morgan fingerprint density at radius 3 is 2.51 bits per heavy atom. The Morgan fingerprint density at radius 1 is 1.08 bits per heavy atom. The summed E-state index contributed by atoms with van der Waals surface area (Å²) in [5.74, 6) is 1.38. The molecule has 0 aromatic carbocycles. The van der Waals surface area contributed by atoms with Gasteiger partial charge in [0.2, 0.25) is 0 Å².